The van der Waals surface area contributed by atoms with Gasteiger partial charge >= 0.3 is 0 Å². The molecule has 0 aliphatic carbocycles. The summed E-state index contributed by atoms with van der Waals surface area (Å²) in [7, 11) is 5.49. The average molecular weight is 246 g/mol. The standard InChI is InChI=1S/C14H16P2/c1-10-8-13(16)6-7-14(10)12-4-2-11(9-15)3-5-12/h2-8H,9,15-16H2,1H3. The molecule has 0 saturated heterocycles. The van der Waals surface area contributed by atoms with Crippen molar-refractivity contribution in [1.29, 1.82) is 0 Å². The highest BCUT2D eigenvalue weighted by atomic mass is 31.0. The van der Waals surface area contributed by atoms with Gasteiger partial charge in [0.1, 0.15) is 0 Å². The zero-order valence-electron chi connectivity index (χ0n) is 9.40. The molecule has 0 amide bonds. The van der Waals surface area contributed by atoms with E-state index in [-0.39, 0.29) is 0 Å². The molecule has 2 aromatic rings. The molecule has 16 heavy (non-hydrogen) atoms. The van der Waals surface area contributed by atoms with Crippen LogP contribution in [0.2, 0.25) is 0 Å². The summed E-state index contributed by atoms with van der Waals surface area (Å²) in [5.41, 5.74) is 5.30. The fourth-order valence-electron chi connectivity index (χ4n) is 1.83. The van der Waals surface area contributed by atoms with Crippen LogP contribution >= 0.6 is 18.5 Å². The highest BCUT2D eigenvalue weighted by molar-refractivity contribution is 7.27. The van der Waals surface area contributed by atoms with E-state index >= 15 is 0 Å². The largest absolute Gasteiger partial charge is 0.133 e. The van der Waals surface area contributed by atoms with Gasteiger partial charge in [0.15, 0.2) is 0 Å². The van der Waals surface area contributed by atoms with E-state index in [1.807, 2.05) is 0 Å². The third-order valence-corrected chi connectivity index (χ3v) is 3.58. The van der Waals surface area contributed by atoms with E-state index in [1.54, 1.807) is 0 Å². The molecule has 0 spiro atoms. The summed E-state index contributed by atoms with van der Waals surface area (Å²) in [4.78, 5) is 0. The van der Waals surface area contributed by atoms with Crippen LogP contribution in [0.1, 0.15) is 11.1 Å². The van der Waals surface area contributed by atoms with Crippen molar-refractivity contribution in [3.8, 4) is 11.1 Å². The van der Waals surface area contributed by atoms with Crippen molar-refractivity contribution in [2.75, 3.05) is 0 Å². The first kappa shape index (κ1) is 11.8. The molecule has 0 nitrogen and oxygen atoms in total. The van der Waals surface area contributed by atoms with Gasteiger partial charge in [-0.1, -0.05) is 42.5 Å². The van der Waals surface area contributed by atoms with Crippen LogP contribution in [0.15, 0.2) is 42.5 Å². The normalized spacial score (nSPS) is 10.4. The van der Waals surface area contributed by atoms with Crippen molar-refractivity contribution in [3.05, 3.63) is 53.6 Å². The van der Waals surface area contributed by atoms with Crippen LogP contribution in [0.5, 0.6) is 0 Å². The van der Waals surface area contributed by atoms with Gasteiger partial charge in [-0.15, -0.1) is 18.5 Å². The Labute approximate surface area is 102 Å². The Morgan fingerprint density at radius 2 is 1.69 bits per heavy atom. The molecule has 2 atom stereocenters. The lowest BCUT2D eigenvalue weighted by Gasteiger charge is -2.07. The van der Waals surface area contributed by atoms with E-state index in [2.05, 4.69) is 67.9 Å². The summed E-state index contributed by atoms with van der Waals surface area (Å²) in [5, 5.41) is 1.24. The zero-order chi connectivity index (χ0) is 11.5. The van der Waals surface area contributed by atoms with Gasteiger partial charge in [0.25, 0.3) is 0 Å². The third kappa shape index (κ3) is 2.51. The molecular weight excluding hydrogens is 230 g/mol. The maximum Gasteiger partial charge on any atom is -0.0128 e. The van der Waals surface area contributed by atoms with Gasteiger partial charge in [-0.2, -0.15) is 0 Å². The van der Waals surface area contributed by atoms with E-state index in [9.17, 15) is 0 Å². The van der Waals surface area contributed by atoms with Gasteiger partial charge in [0.05, 0.1) is 0 Å². The SMILES string of the molecule is Cc1cc(P)ccc1-c1ccc(CP)cc1. The highest BCUT2D eigenvalue weighted by Crippen LogP contribution is 2.23. The first-order valence-electron chi connectivity index (χ1n) is 5.36. The summed E-state index contributed by atoms with van der Waals surface area (Å²) in [6, 6.07) is 15.3. The second-order valence-electron chi connectivity index (χ2n) is 3.98. The van der Waals surface area contributed by atoms with E-state index in [0.29, 0.717) is 0 Å². The highest BCUT2D eigenvalue weighted by Gasteiger charge is 2.01. The van der Waals surface area contributed by atoms with Crippen LogP contribution in [0.4, 0.5) is 0 Å². The maximum atomic E-state index is 2.75. The molecule has 82 valence electrons. The number of rotatable bonds is 2. The minimum Gasteiger partial charge on any atom is -0.133 e. The lowest BCUT2D eigenvalue weighted by Crippen LogP contribution is -1.93. The molecule has 0 radical (unpaired) electrons. The van der Waals surface area contributed by atoms with Gasteiger partial charge in [-0.25, -0.2) is 0 Å². The Morgan fingerprint density at radius 1 is 1.00 bits per heavy atom. The monoisotopic (exact) mass is 246 g/mol. The first-order chi connectivity index (χ1) is 7.70. The zero-order valence-corrected chi connectivity index (χ0v) is 11.7. The third-order valence-electron chi connectivity index (χ3n) is 2.75. The van der Waals surface area contributed by atoms with Crippen molar-refractivity contribution >= 4 is 23.8 Å². The number of hydrogen-bond donors (Lipinski definition) is 0. The Morgan fingerprint density at radius 3 is 2.25 bits per heavy atom. The quantitative estimate of drug-likeness (QED) is 0.711. The van der Waals surface area contributed by atoms with Gasteiger partial charge in [0.2, 0.25) is 0 Å². The molecule has 2 aromatic carbocycles. The minimum atomic E-state index is 1.02. The fraction of sp³-hybridized carbons (Fsp3) is 0.143. The average Bonchev–Trinajstić information content (AvgIpc) is 2.29. The van der Waals surface area contributed by atoms with Crippen molar-refractivity contribution in [3.63, 3.8) is 0 Å². The summed E-state index contributed by atoms with van der Waals surface area (Å²) < 4.78 is 0. The van der Waals surface area contributed by atoms with Crippen molar-refractivity contribution < 1.29 is 0 Å². The minimum absolute atomic E-state index is 1.02. The Balaban J connectivity index is 2.42. The predicted octanol–water partition coefficient (Wildman–Crippen LogP) is 3.54. The smallest absolute Gasteiger partial charge is 0.0128 e. The Hall–Kier alpha value is -0.700. The van der Waals surface area contributed by atoms with Gasteiger partial charge < -0.3 is 0 Å². The lowest BCUT2D eigenvalue weighted by atomic mass is 10.00. The Kier molecular flexibility index (Phi) is 3.74. The van der Waals surface area contributed by atoms with Crippen LogP contribution in [0.3, 0.4) is 0 Å². The molecule has 0 heterocycles. The topological polar surface area (TPSA) is 0 Å². The summed E-state index contributed by atoms with van der Waals surface area (Å²) in [6.07, 6.45) is 1.02. The van der Waals surface area contributed by atoms with Gasteiger partial charge in [-0.3, -0.25) is 0 Å². The lowest BCUT2D eigenvalue weighted by molar-refractivity contribution is 1.41. The second-order valence-corrected chi connectivity index (χ2v) is 5.05. The van der Waals surface area contributed by atoms with Crippen LogP contribution in [-0.4, -0.2) is 0 Å². The predicted molar refractivity (Wildman–Crippen MR) is 79.4 cm³/mol. The summed E-state index contributed by atoms with van der Waals surface area (Å²) in [5.74, 6) is 0. The molecule has 0 aliphatic heterocycles. The van der Waals surface area contributed by atoms with Crippen LogP contribution in [-0.2, 0) is 6.16 Å². The number of hydrogen-bond acceptors (Lipinski definition) is 0. The molecule has 2 rings (SSSR count). The summed E-state index contributed by atoms with van der Waals surface area (Å²) >= 11 is 0. The van der Waals surface area contributed by atoms with Crippen molar-refractivity contribution in [2.24, 2.45) is 0 Å². The molecule has 0 aromatic heterocycles. The molecule has 2 heteroatoms. The number of benzene rings is 2. The molecular formula is C14H16P2. The second kappa shape index (κ2) is 5.09. The van der Waals surface area contributed by atoms with Crippen LogP contribution in [0, 0.1) is 6.92 Å². The molecule has 0 fully saturated rings. The molecule has 0 aliphatic rings. The van der Waals surface area contributed by atoms with Crippen molar-refractivity contribution in [2.45, 2.75) is 13.1 Å². The Bertz CT molecular complexity index is 487. The fourth-order valence-corrected chi connectivity index (χ4v) is 2.45. The van der Waals surface area contributed by atoms with E-state index in [1.165, 1.54) is 27.6 Å². The number of aryl methyl sites for hydroxylation is 1. The van der Waals surface area contributed by atoms with Gasteiger partial charge in [0, 0.05) is 0 Å². The molecule has 0 saturated carbocycles. The van der Waals surface area contributed by atoms with Crippen LogP contribution in [0.25, 0.3) is 11.1 Å². The summed E-state index contributed by atoms with van der Waals surface area (Å²) in [6.45, 7) is 2.16. The van der Waals surface area contributed by atoms with Crippen LogP contribution < -0.4 is 5.30 Å². The first-order valence-corrected chi connectivity index (χ1v) is 6.75. The molecule has 2 unspecified atom stereocenters. The molecule has 0 N–H and O–H groups in total. The van der Waals surface area contributed by atoms with E-state index in [0.717, 1.165) is 6.16 Å². The van der Waals surface area contributed by atoms with E-state index in [4.69, 9.17) is 0 Å². The van der Waals surface area contributed by atoms with Crippen molar-refractivity contribution in [1.82, 2.24) is 0 Å². The molecule has 0 bridgehead atoms. The maximum absolute atomic E-state index is 2.75. The van der Waals surface area contributed by atoms with Gasteiger partial charge in [-0.05, 0) is 40.6 Å². The van der Waals surface area contributed by atoms with E-state index < -0.39 is 0 Å².